The van der Waals surface area contributed by atoms with Crippen LogP contribution < -0.4 is 11.2 Å². The number of fused-ring (bicyclic) bond motifs is 1. The number of pyridine rings is 2. The number of carbonyl (C=O) groups excluding carboxylic acids is 1. The van der Waals surface area contributed by atoms with Gasteiger partial charge in [0.1, 0.15) is 5.56 Å². The van der Waals surface area contributed by atoms with Gasteiger partial charge in [0.15, 0.2) is 0 Å². The molecule has 1 amide bonds. The second-order valence-corrected chi connectivity index (χ2v) is 5.90. The van der Waals surface area contributed by atoms with Crippen LogP contribution in [0, 0.1) is 13.8 Å². The normalized spacial score (nSPS) is 11.0. The van der Waals surface area contributed by atoms with E-state index < -0.39 is 5.91 Å². The minimum Gasteiger partial charge on any atom is -0.365 e. The molecule has 0 saturated heterocycles. The molecule has 2 heterocycles. The predicted octanol–water partition coefficient (Wildman–Crippen LogP) is 2.80. The molecule has 24 heavy (non-hydrogen) atoms. The number of hydrogen-bond acceptors (Lipinski definition) is 3. The van der Waals surface area contributed by atoms with Gasteiger partial charge < -0.3 is 10.3 Å². The van der Waals surface area contributed by atoms with Crippen LogP contribution in [0.5, 0.6) is 0 Å². The van der Waals surface area contributed by atoms with Crippen LogP contribution in [0.15, 0.2) is 41.6 Å². The van der Waals surface area contributed by atoms with Crippen LogP contribution in [0.25, 0.3) is 22.0 Å². The van der Waals surface area contributed by atoms with Gasteiger partial charge in [0.05, 0.1) is 5.52 Å². The van der Waals surface area contributed by atoms with Gasteiger partial charge in [-0.3, -0.25) is 14.6 Å². The maximum Gasteiger partial charge on any atom is 0.254 e. The molecule has 0 bridgehead atoms. The standard InChI is InChI=1S/C19H19N3O2/c1-4-22-10-15(19(20)24)18(23)14-6-5-13(7-16(14)22)17-11(2)8-21-9-12(17)3/h5-10H,4H2,1-3H3,(H2,20,24). The van der Waals surface area contributed by atoms with Crippen LogP contribution in [-0.2, 0) is 6.54 Å². The summed E-state index contributed by atoms with van der Waals surface area (Å²) in [6, 6.07) is 5.66. The smallest absolute Gasteiger partial charge is 0.254 e. The van der Waals surface area contributed by atoms with Crippen molar-refractivity contribution in [2.45, 2.75) is 27.3 Å². The van der Waals surface area contributed by atoms with Gasteiger partial charge in [-0.25, -0.2) is 0 Å². The molecule has 0 fully saturated rings. The van der Waals surface area contributed by atoms with E-state index in [0.29, 0.717) is 11.9 Å². The summed E-state index contributed by atoms with van der Waals surface area (Å²) in [6.07, 6.45) is 5.20. The number of rotatable bonds is 3. The number of benzene rings is 1. The van der Waals surface area contributed by atoms with Crippen molar-refractivity contribution >= 4 is 16.8 Å². The molecule has 3 rings (SSSR count). The van der Waals surface area contributed by atoms with Crippen molar-refractivity contribution in [2.24, 2.45) is 5.73 Å². The summed E-state index contributed by atoms with van der Waals surface area (Å²) in [5.41, 5.74) is 10.1. The number of aryl methyl sites for hydroxylation is 3. The molecule has 2 aromatic heterocycles. The second kappa shape index (κ2) is 5.92. The van der Waals surface area contributed by atoms with E-state index >= 15 is 0 Å². The Balaban J connectivity index is 2.35. The van der Waals surface area contributed by atoms with E-state index in [2.05, 4.69) is 4.98 Å². The lowest BCUT2D eigenvalue weighted by atomic mass is 9.96. The van der Waals surface area contributed by atoms with Crippen LogP contribution in [0.4, 0.5) is 0 Å². The minimum absolute atomic E-state index is 0.0216. The number of amides is 1. The van der Waals surface area contributed by atoms with Crippen LogP contribution in [0.3, 0.4) is 0 Å². The Morgan fingerprint density at radius 1 is 1.21 bits per heavy atom. The number of nitrogens with zero attached hydrogens (tertiary/aromatic N) is 2. The third-order valence-corrected chi connectivity index (χ3v) is 4.30. The summed E-state index contributed by atoms with van der Waals surface area (Å²) in [7, 11) is 0. The van der Waals surface area contributed by atoms with E-state index in [1.54, 1.807) is 12.3 Å². The first-order chi connectivity index (χ1) is 11.4. The molecule has 0 unspecified atom stereocenters. The highest BCUT2D eigenvalue weighted by atomic mass is 16.2. The Bertz CT molecular complexity index is 999. The maximum atomic E-state index is 12.5. The lowest BCUT2D eigenvalue weighted by Gasteiger charge is -2.14. The summed E-state index contributed by atoms with van der Waals surface area (Å²) in [6.45, 7) is 6.63. The average molecular weight is 321 g/mol. The molecule has 0 atom stereocenters. The van der Waals surface area contributed by atoms with Crippen molar-refractivity contribution < 1.29 is 4.79 Å². The van der Waals surface area contributed by atoms with Crippen LogP contribution >= 0.6 is 0 Å². The van der Waals surface area contributed by atoms with E-state index in [1.807, 2.05) is 49.9 Å². The molecule has 3 aromatic rings. The highest BCUT2D eigenvalue weighted by molar-refractivity contribution is 5.97. The fourth-order valence-corrected chi connectivity index (χ4v) is 3.14. The Morgan fingerprint density at radius 2 is 1.88 bits per heavy atom. The molecule has 0 spiro atoms. The lowest BCUT2D eigenvalue weighted by molar-refractivity contribution is 0.0999. The molecule has 2 N–H and O–H groups in total. The summed E-state index contributed by atoms with van der Waals surface area (Å²) in [4.78, 5) is 28.2. The Labute approximate surface area is 139 Å². The zero-order chi connectivity index (χ0) is 17.4. The first-order valence-corrected chi connectivity index (χ1v) is 7.82. The zero-order valence-electron chi connectivity index (χ0n) is 14.0. The van der Waals surface area contributed by atoms with Crippen LogP contribution in [0.1, 0.15) is 28.4 Å². The van der Waals surface area contributed by atoms with Crippen molar-refractivity contribution in [3.63, 3.8) is 0 Å². The van der Waals surface area contributed by atoms with Gasteiger partial charge in [0.2, 0.25) is 5.43 Å². The zero-order valence-corrected chi connectivity index (χ0v) is 14.0. The van der Waals surface area contributed by atoms with E-state index in [1.165, 1.54) is 0 Å². The number of carbonyl (C=O) groups is 1. The lowest BCUT2D eigenvalue weighted by Crippen LogP contribution is -2.24. The van der Waals surface area contributed by atoms with Crippen LogP contribution in [-0.4, -0.2) is 15.5 Å². The predicted molar refractivity (Wildman–Crippen MR) is 95.1 cm³/mol. The van der Waals surface area contributed by atoms with E-state index in [9.17, 15) is 9.59 Å². The Hall–Kier alpha value is -2.95. The molecule has 0 radical (unpaired) electrons. The molecular weight excluding hydrogens is 302 g/mol. The summed E-state index contributed by atoms with van der Waals surface area (Å²) in [5.74, 6) is -0.700. The van der Waals surface area contributed by atoms with Gasteiger partial charge in [0, 0.05) is 30.5 Å². The first kappa shape index (κ1) is 15.9. The molecular formula is C19H19N3O2. The molecule has 5 heteroatoms. The minimum atomic E-state index is -0.700. The van der Waals surface area contributed by atoms with E-state index in [0.717, 1.165) is 27.8 Å². The molecule has 5 nitrogen and oxygen atoms in total. The largest absolute Gasteiger partial charge is 0.365 e. The Morgan fingerprint density at radius 3 is 2.46 bits per heavy atom. The molecule has 0 aliphatic rings. The summed E-state index contributed by atoms with van der Waals surface area (Å²) >= 11 is 0. The molecule has 0 aliphatic carbocycles. The first-order valence-electron chi connectivity index (χ1n) is 7.82. The average Bonchev–Trinajstić information content (AvgIpc) is 2.54. The molecule has 0 aliphatic heterocycles. The number of nitrogens with two attached hydrogens (primary N) is 1. The van der Waals surface area contributed by atoms with Crippen molar-refractivity contribution in [2.75, 3.05) is 0 Å². The maximum absolute atomic E-state index is 12.5. The van der Waals surface area contributed by atoms with Crippen molar-refractivity contribution in [3.05, 3.63) is 63.7 Å². The van der Waals surface area contributed by atoms with Gasteiger partial charge in [-0.15, -0.1) is 0 Å². The fraction of sp³-hybridized carbons (Fsp3) is 0.211. The topological polar surface area (TPSA) is 78.0 Å². The summed E-state index contributed by atoms with van der Waals surface area (Å²) in [5, 5.41) is 0.501. The Kier molecular flexibility index (Phi) is 3.93. The third-order valence-electron chi connectivity index (χ3n) is 4.30. The van der Waals surface area contributed by atoms with Crippen molar-refractivity contribution in [1.29, 1.82) is 0 Å². The van der Waals surface area contributed by atoms with Gasteiger partial charge >= 0.3 is 0 Å². The highest BCUT2D eigenvalue weighted by Crippen LogP contribution is 2.28. The van der Waals surface area contributed by atoms with Crippen molar-refractivity contribution in [3.8, 4) is 11.1 Å². The highest BCUT2D eigenvalue weighted by Gasteiger charge is 2.14. The SMILES string of the molecule is CCn1cc(C(N)=O)c(=O)c2ccc(-c3c(C)cncc3C)cc21. The number of aromatic nitrogens is 2. The third kappa shape index (κ3) is 2.48. The second-order valence-electron chi connectivity index (χ2n) is 5.90. The monoisotopic (exact) mass is 321 g/mol. The van der Waals surface area contributed by atoms with Gasteiger partial charge in [0.25, 0.3) is 5.91 Å². The van der Waals surface area contributed by atoms with Crippen molar-refractivity contribution in [1.82, 2.24) is 9.55 Å². The van der Waals surface area contributed by atoms with E-state index in [4.69, 9.17) is 5.73 Å². The fourth-order valence-electron chi connectivity index (χ4n) is 3.14. The molecule has 0 saturated carbocycles. The van der Waals surface area contributed by atoms with E-state index in [-0.39, 0.29) is 11.0 Å². The van der Waals surface area contributed by atoms with Gasteiger partial charge in [-0.05, 0) is 55.2 Å². The van der Waals surface area contributed by atoms with Crippen LogP contribution in [0.2, 0.25) is 0 Å². The molecule has 122 valence electrons. The molecule has 1 aromatic carbocycles. The number of primary amides is 1. The van der Waals surface area contributed by atoms with Gasteiger partial charge in [-0.1, -0.05) is 6.07 Å². The number of hydrogen-bond donors (Lipinski definition) is 1. The summed E-state index contributed by atoms with van der Waals surface area (Å²) < 4.78 is 1.88. The quantitative estimate of drug-likeness (QED) is 0.805. The van der Waals surface area contributed by atoms with Gasteiger partial charge in [-0.2, -0.15) is 0 Å².